The molecule has 0 radical (unpaired) electrons. The second-order valence-corrected chi connectivity index (χ2v) is 8.92. The van der Waals surface area contributed by atoms with Crippen LogP contribution in [0, 0.1) is 0 Å². The second-order valence-electron chi connectivity index (χ2n) is 8.92. The highest BCUT2D eigenvalue weighted by atomic mass is 16.5. The summed E-state index contributed by atoms with van der Waals surface area (Å²) in [5.41, 5.74) is 3.24. The lowest BCUT2D eigenvalue weighted by Gasteiger charge is -2.22. The monoisotopic (exact) mass is 468 g/mol. The highest BCUT2D eigenvalue weighted by Crippen LogP contribution is 2.33. The summed E-state index contributed by atoms with van der Waals surface area (Å²) in [6.07, 6.45) is 6.46. The Morgan fingerprint density at radius 3 is 2.23 bits per heavy atom. The van der Waals surface area contributed by atoms with Crippen LogP contribution in [0.3, 0.4) is 0 Å². The van der Waals surface area contributed by atoms with Gasteiger partial charge in [-0.25, -0.2) is 0 Å². The van der Waals surface area contributed by atoms with Gasteiger partial charge < -0.3 is 19.8 Å². The van der Waals surface area contributed by atoms with Gasteiger partial charge >= 0.3 is 0 Å². The van der Waals surface area contributed by atoms with Gasteiger partial charge in [0.2, 0.25) is 0 Å². The van der Waals surface area contributed by atoms with Crippen LogP contribution in [-0.2, 0) is 4.79 Å². The normalized spacial score (nSPS) is 13.9. The van der Waals surface area contributed by atoms with Crippen molar-refractivity contribution in [3.05, 3.63) is 90.2 Å². The average Bonchev–Trinajstić information content (AvgIpc) is 3.34. The van der Waals surface area contributed by atoms with Crippen molar-refractivity contribution < 1.29 is 18.7 Å². The second kappa shape index (κ2) is 10.5. The van der Waals surface area contributed by atoms with Gasteiger partial charge in [-0.3, -0.25) is 9.59 Å². The highest BCUT2D eigenvalue weighted by molar-refractivity contribution is 6.04. The Balaban J connectivity index is 1.10. The van der Waals surface area contributed by atoms with E-state index in [-0.39, 0.29) is 24.2 Å². The molecule has 1 saturated carbocycles. The summed E-state index contributed by atoms with van der Waals surface area (Å²) in [6.45, 7) is -0.0761. The Labute approximate surface area is 204 Å². The smallest absolute Gasteiger partial charge is 0.291 e. The van der Waals surface area contributed by atoms with Crippen molar-refractivity contribution in [3.63, 3.8) is 0 Å². The molecule has 0 bridgehead atoms. The number of hydrogen-bond acceptors (Lipinski definition) is 4. The zero-order chi connectivity index (χ0) is 24.0. The number of nitrogens with one attached hydrogen (secondary N) is 2. The van der Waals surface area contributed by atoms with E-state index in [1.807, 2.05) is 36.4 Å². The van der Waals surface area contributed by atoms with Crippen molar-refractivity contribution in [3.8, 4) is 5.75 Å². The van der Waals surface area contributed by atoms with Gasteiger partial charge in [0.15, 0.2) is 12.4 Å². The lowest BCUT2D eigenvalue weighted by Crippen LogP contribution is -2.20. The molecule has 2 N–H and O–H groups in total. The third-order valence-corrected chi connectivity index (χ3v) is 6.40. The number of rotatable bonds is 7. The molecule has 1 aromatic heterocycles. The Morgan fingerprint density at radius 2 is 1.51 bits per heavy atom. The lowest BCUT2D eigenvalue weighted by molar-refractivity contribution is -0.118. The van der Waals surface area contributed by atoms with E-state index < -0.39 is 0 Å². The summed E-state index contributed by atoms with van der Waals surface area (Å²) in [4.78, 5) is 24.8. The van der Waals surface area contributed by atoms with Crippen LogP contribution in [0.1, 0.15) is 54.1 Å². The zero-order valence-corrected chi connectivity index (χ0v) is 19.5. The molecular formula is C29H28N2O4. The topological polar surface area (TPSA) is 80.6 Å². The average molecular weight is 469 g/mol. The number of carbonyl (C=O) groups is 2. The fraction of sp³-hybridized carbons (Fsp3) is 0.241. The fourth-order valence-electron chi connectivity index (χ4n) is 4.54. The van der Waals surface area contributed by atoms with Crippen molar-refractivity contribution in [2.24, 2.45) is 0 Å². The first kappa shape index (κ1) is 22.7. The quantitative estimate of drug-likeness (QED) is 0.314. The summed E-state index contributed by atoms with van der Waals surface area (Å²) in [5.74, 6) is 0.990. The zero-order valence-electron chi connectivity index (χ0n) is 19.5. The molecule has 1 fully saturated rings. The van der Waals surface area contributed by atoms with Crippen molar-refractivity contribution in [1.82, 2.24) is 0 Å². The summed E-state index contributed by atoms with van der Waals surface area (Å²) >= 11 is 0. The standard InChI is InChI=1S/C29H28N2O4/c32-28(19-34-25-16-10-21(11-17-25)20-6-2-1-3-7-20)30-23-12-14-24(15-13-23)31-29(33)27-18-22-8-4-5-9-26(22)35-27/h4-5,8-18,20H,1-3,6-7,19H2,(H,30,32)(H,31,33). The molecule has 5 rings (SSSR count). The predicted molar refractivity (Wildman–Crippen MR) is 137 cm³/mol. The number of carbonyl (C=O) groups excluding carboxylic acids is 2. The van der Waals surface area contributed by atoms with E-state index >= 15 is 0 Å². The van der Waals surface area contributed by atoms with Crippen LogP contribution < -0.4 is 15.4 Å². The van der Waals surface area contributed by atoms with Crippen LogP contribution >= 0.6 is 0 Å². The lowest BCUT2D eigenvalue weighted by atomic mass is 9.84. The molecule has 6 heteroatoms. The molecule has 1 heterocycles. The minimum absolute atomic E-state index is 0.0761. The summed E-state index contributed by atoms with van der Waals surface area (Å²) < 4.78 is 11.2. The van der Waals surface area contributed by atoms with Gasteiger partial charge in [-0.1, -0.05) is 49.6 Å². The van der Waals surface area contributed by atoms with Gasteiger partial charge in [-0.2, -0.15) is 0 Å². The van der Waals surface area contributed by atoms with E-state index in [9.17, 15) is 9.59 Å². The van der Waals surface area contributed by atoms with Gasteiger partial charge in [0.25, 0.3) is 11.8 Å². The van der Waals surface area contributed by atoms with Crippen LogP contribution in [0.2, 0.25) is 0 Å². The maximum Gasteiger partial charge on any atom is 0.291 e. The molecule has 0 aliphatic heterocycles. The first-order chi connectivity index (χ1) is 17.1. The van der Waals surface area contributed by atoms with E-state index in [2.05, 4.69) is 22.8 Å². The molecule has 4 aromatic rings. The number of benzene rings is 3. The van der Waals surface area contributed by atoms with Crippen LogP contribution in [0.25, 0.3) is 11.0 Å². The first-order valence-electron chi connectivity index (χ1n) is 12.1. The number of furan rings is 1. The van der Waals surface area contributed by atoms with Crippen molar-refractivity contribution in [1.29, 1.82) is 0 Å². The van der Waals surface area contributed by atoms with Crippen LogP contribution in [0.15, 0.2) is 83.3 Å². The van der Waals surface area contributed by atoms with Crippen molar-refractivity contribution in [2.75, 3.05) is 17.2 Å². The van der Waals surface area contributed by atoms with Gasteiger partial charge in [0.1, 0.15) is 11.3 Å². The SMILES string of the molecule is O=C(COc1ccc(C2CCCCC2)cc1)Nc1ccc(NC(=O)c2cc3ccccc3o2)cc1. The van der Waals surface area contributed by atoms with E-state index in [0.717, 1.165) is 5.39 Å². The van der Waals surface area contributed by atoms with Gasteiger partial charge in [-0.15, -0.1) is 0 Å². The van der Waals surface area contributed by atoms with Crippen molar-refractivity contribution >= 4 is 34.2 Å². The Morgan fingerprint density at radius 1 is 0.829 bits per heavy atom. The van der Waals surface area contributed by atoms with Gasteiger partial charge in [0.05, 0.1) is 0 Å². The number of ether oxygens (including phenoxy) is 1. The molecule has 1 aliphatic carbocycles. The largest absolute Gasteiger partial charge is 0.484 e. The van der Waals surface area contributed by atoms with E-state index in [0.29, 0.717) is 28.6 Å². The number of amides is 2. The maximum absolute atomic E-state index is 12.5. The number of hydrogen-bond donors (Lipinski definition) is 2. The van der Waals surface area contributed by atoms with Crippen LogP contribution in [0.5, 0.6) is 5.75 Å². The third kappa shape index (κ3) is 5.72. The number of fused-ring (bicyclic) bond motifs is 1. The Bertz CT molecular complexity index is 1270. The van der Waals surface area contributed by atoms with E-state index in [1.54, 1.807) is 30.3 Å². The first-order valence-corrected chi connectivity index (χ1v) is 12.1. The summed E-state index contributed by atoms with van der Waals surface area (Å²) in [6, 6.07) is 24.2. The molecule has 1 aliphatic rings. The van der Waals surface area contributed by atoms with Crippen molar-refractivity contribution in [2.45, 2.75) is 38.0 Å². The van der Waals surface area contributed by atoms with Crippen LogP contribution in [0.4, 0.5) is 11.4 Å². The molecule has 2 amide bonds. The Hall–Kier alpha value is -4.06. The molecule has 0 spiro atoms. The molecule has 3 aromatic carbocycles. The van der Waals surface area contributed by atoms with E-state index in [1.165, 1.54) is 37.7 Å². The minimum atomic E-state index is -0.333. The maximum atomic E-state index is 12.5. The predicted octanol–water partition coefficient (Wildman–Crippen LogP) is 6.75. The highest BCUT2D eigenvalue weighted by Gasteiger charge is 2.15. The number of para-hydroxylation sites is 1. The summed E-state index contributed by atoms with van der Waals surface area (Å²) in [5, 5.41) is 6.49. The molecule has 178 valence electrons. The molecule has 35 heavy (non-hydrogen) atoms. The summed E-state index contributed by atoms with van der Waals surface area (Å²) in [7, 11) is 0. The fourth-order valence-corrected chi connectivity index (χ4v) is 4.54. The Kier molecular flexibility index (Phi) is 6.80. The molecule has 0 unspecified atom stereocenters. The molecular weight excluding hydrogens is 440 g/mol. The number of anilines is 2. The van der Waals surface area contributed by atoms with E-state index in [4.69, 9.17) is 9.15 Å². The van der Waals surface area contributed by atoms with Crippen LogP contribution in [-0.4, -0.2) is 18.4 Å². The molecule has 0 saturated heterocycles. The molecule has 6 nitrogen and oxygen atoms in total. The minimum Gasteiger partial charge on any atom is -0.484 e. The third-order valence-electron chi connectivity index (χ3n) is 6.40. The van der Waals surface area contributed by atoms with Gasteiger partial charge in [0, 0.05) is 16.8 Å². The molecule has 0 atom stereocenters. The van der Waals surface area contributed by atoms with Gasteiger partial charge in [-0.05, 0) is 72.9 Å².